The van der Waals surface area contributed by atoms with E-state index in [2.05, 4.69) is 23.8 Å². The number of hydrogen-bond acceptors (Lipinski definition) is 3. The van der Waals surface area contributed by atoms with Gasteiger partial charge in [-0.05, 0) is 23.6 Å². The number of nitrogens with zero attached hydrogens (tertiary/aromatic N) is 2. The highest BCUT2D eigenvalue weighted by atomic mass is 16.5. The lowest BCUT2D eigenvalue weighted by atomic mass is 10.1. The standard InChI is InChI=1S/C14H16N2O/c1-10(2)12-8-15-14(16-9-12)11-5-4-6-13(7-11)17-3/h4-10H,1-3H3. The molecule has 0 saturated carbocycles. The van der Waals surface area contributed by atoms with E-state index in [1.54, 1.807) is 7.11 Å². The molecule has 0 saturated heterocycles. The summed E-state index contributed by atoms with van der Waals surface area (Å²) in [4.78, 5) is 8.76. The summed E-state index contributed by atoms with van der Waals surface area (Å²) in [6.45, 7) is 4.26. The highest BCUT2D eigenvalue weighted by Crippen LogP contribution is 2.21. The molecule has 1 aromatic heterocycles. The first-order chi connectivity index (χ1) is 8.20. The third kappa shape index (κ3) is 2.61. The van der Waals surface area contributed by atoms with Gasteiger partial charge in [-0.2, -0.15) is 0 Å². The van der Waals surface area contributed by atoms with Gasteiger partial charge in [-0.1, -0.05) is 26.0 Å². The van der Waals surface area contributed by atoms with Crippen molar-refractivity contribution in [1.82, 2.24) is 9.97 Å². The largest absolute Gasteiger partial charge is 0.497 e. The van der Waals surface area contributed by atoms with Crippen LogP contribution in [0.15, 0.2) is 36.7 Å². The Balaban J connectivity index is 2.32. The molecular weight excluding hydrogens is 212 g/mol. The molecule has 3 heteroatoms. The van der Waals surface area contributed by atoms with E-state index in [0.29, 0.717) is 5.92 Å². The lowest BCUT2D eigenvalue weighted by Crippen LogP contribution is -1.94. The van der Waals surface area contributed by atoms with E-state index < -0.39 is 0 Å². The molecular formula is C14H16N2O. The number of hydrogen-bond donors (Lipinski definition) is 0. The molecule has 0 radical (unpaired) electrons. The minimum absolute atomic E-state index is 0.453. The normalized spacial score (nSPS) is 10.6. The predicted octanol–water partition coefficient (Wildman–Crippen LogP) is 3.28. The second kappa shape index (κ2) is 4.95. The maximum absolute atomic E-state index is 5.18. The van der Waals surface area contributed by atoms with Gasteiger partial charge in [-0.15, -0.1) is 0 Å². The Bertz CT molecular complexity index is 492. The quantitative estimate of drug-likeness (QED) is 0.808. The van der Waals surface area contributed by atoms with Gasteiger partial charge in [0.1, 0.15) is 5.75 Å². The van der Waals surface area contributed by atoms with Crippen LogP contribution < -0.4 is 4.74 Å². The zero-order valence-electron chi connectivity index (χ0n) is 10.3. The second-order valence-electron chi connectivity index (χ2n) is 4.23. The molecule has 0 aliphatic heterocycles. The van der Waals surface area contributed by atoms with Crippen LogP contribution in [0.25, 0.3) is 11.4 Å². The fourth-order valence-corrected chi connectivity index (χ4v) is 1.55. The smallest absolute Gasteiger partial charge is 0.159 e. The summed E-state index contributed by atoms with van der Waals surface area (Å²) in [5.74, 6) is 2.00. The number of benzene rings is 1. The Hall–Kier alpha value is -1.90. The zero-order valence-corrected chi connectivity index (χ0v) is 10.3. The molecule has 0 fully saturated rings. The molecule has 2 rings (SSSR count). The van der Waals surface area contributed by atoms with E-state index in [4.69, 9.17) is 4.74 Å². The SMILES string of the molecule is COc1cccc(-c2ncc(C(C)C)cn2)c1. The van der Waals surface area contributed by atoms with Crippen LogP contribution in [0.4, 0.5) is 0 Å². The first-order valence-corrected chi connectivity index (χ1v) is 5.67. The van der Waals surface area contributed by atoms with Crippen molar-refractivity contribution in [2.24, 2.45) is 0 Å². The molecule has 0 amide bonds. The first kappa shape index (κ1) is 11.6. The van der Waals surface area contributed by atoms with Gasteiger partial charge < -0.3 is 4.74 Å². The number of ether oxygens (including phenoxy) is 1. The Kier molecular flexibility index (Phi) is 3.38. The van der Waals surface area contributed by atoms with Gasteiger partial charge in [0.05, 0.1) is 7.11 Å². The van der Waals surface area contributed by atoms with Crippen LogP contribution in [-0.2, 0) is 0 Å². The minimum atomic E-state index is 0.453. The zero-order chi connectivity index (χ0) is 12.3. The lowest BCUT2D eigenvalue weighted by molar-refractivity contribution is 0.415. The van der Waals surface area contributed by atoms with Crippen molar-refractivity contribution in [1.29, 1.82) is 0 Å². The van der Waals surface area contributed by atoms with Crippen molar-refractivity contribution in [3.05, 3.63) is 42.2 Å². The summed E-state index contributed by atoms with van der Waals surface area (Å²) in [6, 6.07) is 7.76. The Morgan fingerprint density at radius 2 is 1.82 bits per heavy atom. The van der Waals surface area contributed by atoms with E-state index in [1.165, 1.54) is 0 Å². The van der Waals surface area contributed by atoms with Gasteiger partial charge >= 0.3 is 0 Å². The van der Waals surface area contributed by atoms with Crippen LogP contribution in [0.3, 0.4) is 0 Å². The van der Waals surface area contributed by atoms with E-state index in [-0.39, 0.29) is 0 Å². The van der Waals surface area contributed by atoms with Gasteiger partial charge in [-0.3, -0.25) is 0 Å². The van der Waals surface area contributed by atoms with Crippen molar-refractivity contribution < 1.29 is 4.74 Å². The van der Waals surface area contributed by atoms with E-state index in [1.807, 2.05) is 36.7 Å². The molecule has 1 aromatic carbocycles. The Morgan fingerprint density at radius 3 is 2.41 bits per heavy atom. The average molecular weight is 228 g/mol. The van der Waals surface area contributed by atoms with Gasteiger partial charge in [0.25, 0.3) is 0 Å². The molecule has 2 aromatic rings. The topological polar surface area (TPSA) is 35.0 Å². The van der Waals surface area contributed by atoms with Crippen molar-refractivity contribution >= 4 is 0 Å². The summed E-state index contributed by atoms with van der Waals surface area (Å²) >= 11 is 0. The molecule has 0 bridgehead atoms. The molecule has 1 heterocycles. The Morgan fingerprint density at radius 1 is 1.12 bits per heavy atom. The van der Waals surface area contributed by atoms with Gasteiger partial charge in [-0.25, -0.2) is 9.97 Å². The maximum atomic E-state index is 5.18. The van der Waals surface area contributed by atoms with E-state index in [0.717, 1.165) is 22.7 Å². The van der Waals surface area contributed by atoms with Crippen LogP contribution in [0.5, 0.6) is 5.75 Å². The van der Waals surface area contributed by atoms with Crippen LogP contribution in [0, 0.1) is 0 Å². The van der Waals surface area contributed by atoms with E-state index >= 15 is 0 Å². The molecule has 0 spiro atoms. The predicted molar refractivity (Wildman–Crippen MR) is 68.1 cm³/mol. The molecule has 0 aliphatic carbocycles. The van der Waals surface area contributed by atoms with Crippen LogP contribution in [-0.4, -0.2) is 17.1 Å². The molecule has 88 valence electrons. The monoisotopic (exact) mass is 228 g/mol. The van der Waals surface area contributed by atoms with Gasteiger partial charge in [0.15, 0.2) is 5.82 Å². The minimum Gasteiger partial charge on any atom is -0.497 e. The van der Waals surface area contributed by atoms with Crippen molar-refractivity contribution in [2.45, 2.75) is 19.8 Å². The molecule has 0 unspecified atom stereocenters. The summed E-state index contributed by atoms with van der Waals surface area (Å²) in [7, 11) is 1.65. The highest BCUT2D eigenvalue weighted by molar-refractivity contribution is 5.57. The fourth-order valence-electron chi connectivity index (χ4n) is 1.55. The summed E-state index contributed by atoms with van der Waals surface area (Å²) in [6.07, 6.45) is 3.76. The summed E-state index contributed by atoms with van der Waals surface area (Å²) in [5.41, 5.74) is 2.12. The van der Waals surface area contributed by atoms with Crippen LogP contribution in [0.1, 0.15) is 25.3 Å². The third-order valence-electron chi connectivity index (χ3n) is 2.67. The molecule has 0 atom stereocenters. The number of rotatable bonds is 3. The average Bonchev–Trinajstić information content (AvgIpc) is 2.39. The van der Waals surface area contributed by atoms with Gasteiger partial charge in [0, 0.05) is 18.0 Å². The molecule has 0 aliphatic rings. The number of methoxy groups -OCH3 is 1. The number of aromatic nitrogens is 2. The first-order valence-electron chi connectivity index (χ1n) is 5.67. The van der Waals surface area contributed by atoms with Crippen molar-refractivity contribution in [3.8, 4) is 17.1 Å². The second-order valence-corrected chi connectivity index (χ2v) is 4.23. The molecule has 0 N–H and O–H groups in total. The third-order valence-corrected chi connectivity index (χ3v) is 2.67. The molecule has 17 heavy (non-hydrogen) atoms. The summed E-state index contributed by atoms with van der Waals surface area (Å²) < 4.78 is 5.18. The van der Waals surface area contributed by atoms with Crippen molar-refractivity contribution in [2.75, 3.05) is 7.11 Å². The van der Waals surface area contributed by atoms with Crippen LogP contribution in [0.2, 0.25) is 0 Å². The fraction of sp³-hybridized carbons (Fsp3) is 0.286. The summed E-state index contributed by atoms with van der Waals surface area (Å²) in [5, 5.41) is 0. The lowest BCUT2D eigenvalue weighted by Gasteiger charge is -2.06. The maximum Gasteiger partial charge on any atom is 0.159 e. The van der Waals surface area contributed by atoms with Gasteiger partial charge in [0.2, 0.25) is 0 Å². The molecule has 3 nitrogen and oxygen atoms in total. The van der Waals surface area contributed by atoms with Crippen molar-refractivity contribution in [3.63, 3.8) is 0 Å². The van der Waals surface area contributed by atoms with Crippen LogP contribution >= 0.6 is 0 Å². The van der Waals surface area contributed by atoms with E-state index in [9.17, 15) is 0 Å². The Labute approximate surface area is 102 Å². The highest BCUT2D eigenvalue weighted by Gasteiger charge is 2.04.